The minimum Gasteiger partial charge on any atom is -0.280 e. The number of hydrogen-bond donors (Lipinski definition) is 1. The molecule has 0 saturated heterocycles. The van der Waals surface area contributed by atoms with Gasteiger partial charge < -0.3 is 0 Å². The van der Waals surface area contributed by atoms with E-state index >= 15 is 0 Å². The van der Waals surface area contributed by atoms with E-state index < -0.39 is 0 Å². The van der Waals surface area contributed by atoms with E-state index in [9.17, 15) is 0 Å². The Morgan fingerprint density at radius 2 is 2.08 bits per heavy atom. The number of aromatic nitrogens is 2. The number of para-hydroxylation sites is 1. The summed E-state index contributed by atoms with van der Waals surface area (Å²) in [5, 5.41) is 8.07. The minimum absolute atomic E-state index is 0. The molecule has 0 aliphatic heterocycles. The van der Waals surface area contributed by atoms with Crippen molar-refractivity contribution in [1.29, 1.82) is 0 Å². The summed E-state index contributed by atoms with van der Waals surface area (Å²) >= 11 is 5.68. The van der Waals surface area contributed by atoms with E-state index in [-0.39, 0.29) is 12.4 Å². The topological polar surface area (TPSA) is 28.7 Å². The summed E-state index contributed by atoms with van der Waals surface area (Å²) in [7, 11) is 0. The van der Waals surface area contributed by atoms with Gasteiger partial charge >= 0.3 is 0 Å². The summed E-state index contributed by atoms with van der Waals surface area (Å²) in [5.41, 5.74) is 1.96. The molecule has 4 heteroatoms. The highest BCUT2D eigenvalue weighted by atomic mass is 35.5. The van der Waals surface area contributed by atoms with Crippen LogP contribution in [0.1, 0.15) is 5.69 Å². The van der Waals surface area contributed by atoms with Crippen LogP contribution in [0.2, 0.25) is 0 Å². The standard InChI is InChI=1S/C8H7ClN2.ClH/c9-5-8-6-3-1-2-4-7(6)10-11-8;/h1-4H,5H2,(H,10,11);1H. The lowest BCUT2D eigenvalue weighted by atomic mass is 10.2. The van der Waals surface area contributed by atoms with Crippen molar-refractivity contribution in [3.05, 3.63) is 30.0 Å². The quantitative estimate of drug-likeness (QED) is 0.709. The van der Waals surface area contributed by atoms with Crippen LogP contribution in [0.4, 0.5) is 0 Å². The molecule has 12 heavy (non-hydrogen) atoms. The van der Waals surface area contributed by atoms with Gasteiger partial charge in [0, 0.05) is 5.39 Å². The van der Waals surface area contributed by atoms with Gasteiger partial charge in [-0.15, -0.1) is 24.0 Å². The Labute approximate surface area is 81.3 Å². The van der Waals surface area contributed by atoms with Gasteiger partial charge in [0.25, 0.3) is 0 Å². The molecule has 1 N–H and O–H groups in total. The van der Waals surface area contributed by atoms with E-state index in [1.807, 2.05) is 24.3 Å². The third-order valence-corrected chi connectivity index (χ3v) is 1.94. The predicted molar refractivity (Wildman–Crippen MR) is 52.9 cm³/mol. The average molecular weight is 203 g/mol. The summed E-state index contributed by atoms with van der Waals surface area (Å²) in [4.78, 5) is 0. The molecule has 0 amide bonds. The van der Waals surface area contributed by atoms with E-state index in [2.05, 4.69) is 10.2 Å². The van der Waals surface area contributed by atoms with Crippen molar-refractivity contribution < 1.29 is 0 Å². The first-order chi connectivity index (χ1) is 5.42. The lowest BCUT2D eigenvalue weighted by molar-refractivity contribution is 1.05. The summed E-state index contributed by atoms with van der Waals surface area (Å²) < 4.78 is 0. The van der Waals surface area contributed by atoms with Crippen molar-refractivity contribution in [2.75, 3.05) is 0 Å². The molecule has 1 aromatic carbocycles. The predicted octanol–water partition coefficient (Wildman–Crippen LogP) is 2.72. The second kappa shape index (κ2) is 3.78. The maximum Gasteiger partial charge on any atom is 0.0924 e. The van der Waals surface area contributed by atoms with Crippen LogP contribution in [-0.2, 0) is 5.88 Å². The van der Waals surface area contributed by atoms with Crippen molar-refractivity contribution >= 4 is 34.9 Å². The molecule has 0 saturated carbocycles. The third-order valence-electron chi connectivity index (χ3n) is 1.67. The van der Waals surface area contributed by atoms with E-state index in [1.165, 1.54) is 0 Å². The van der Waals surface area contributed by atoms with Gasteiger partial charge in [0.2, 0.25) is 0 Å². The van der Waals surface area contributed by atoms with Crippen LogP contribution in [0, 0.1) is 0 Å². The van der Waals surface area contributed by atoms with E-state index in [0.29, 0.717) is 5.88 Å². The highest BCUT2D eigenvalue weighted by molar-refractivity contribution is 6.17. The summed E-state index contributed by atoms with van der Waals surface area (Å²) in [6.45, 7) is 0. The molecular formula is C8H8Cl2N2. The van der Waals surface area contributed by atoms with Gasteiger partial charge in [-0.3, -0.25) is 5.10 Å². The van der Waals surface area contributed by atoms with Crippen molar-refractivity contribution in [3.8, 4) is 0 Å². The molecule has 2 aromatic rings. The minimum atomic E-state index is 0. The number of nitrogens with zero attached hydrogens (tertiary/aromatic N) is 1. The van der Waals surface area contributed by atoms with Gasteiger partial charge in [0.1, 0.15) is 0 Å². The van der Waals surface area contributed by atoms with Crippen LogP contribution in [0.5, 0.6) is 0 Å². The van der Waals surface area contributed by atoms with Crippen LogP contribution in [0.15, 0.2) is 24.3 Å². The summed E-state index contributed by atoms with van der Waals surface area (Å²) in [6.07, 6.45) is 0. The number of alkyl halides is 1. The van der Waals surface area contributed by atoms with Gasteiger partial charge in [-0.25, -0.2) is 0 Å². The molecule has 0 spiro atoms. The normalized spacial score (nSPS) is 9.75. The van der Waals surface area contributed by atoms with Crippen molar-refractivity contribution in [2.45, 2.75) is 5.88 Å². The fourth-order valence-electron chi connectivity index (χ4n) is 1.12. The zero-order valence-corrected chi connectivity index (χ0v) is 7.82. The van der Waals surface area contributed by atoms with E-state index in [4.69, 9.17) is 11.6 Å². The molecule has 0 aliphatic carbocycles. The molecular weight excluding hydrogens is 195 g/mol. The Bertz CT molecular complexity index is 370. The highest BCUT2D eigenvalue weighted by Crippen LogP contribution is 2.15. The van der Waals surface area contributed by atoms with Gasteiger partial charge in [-0.2, -0.15) is 5.10 Å². The smallest absolute Gasteiger partial charge is 0.0924 e. The zero-order valence-electron chi connectivity index (χ0n) is 6.25. The maximum absolute atomic E-state index is 5.68. The fourth-order valence-corrected chi connectivity index (χ4v) is 1.32. The molecule has 0 radical (unpaired) electrons. The molecule has 2 rings (SSSR count). The van der Waals surface area contributed by atoms with Crippen LogP contribution >= 0.6 is 24.0 Å². The van der Waals surface area contributed by atoms with Crippen molar-refractivity contribution in [1.82, 2.24) is 10.2 Å². The Kier molecular flexibility index (Phi) is 2.95. The van der Waals surface area contributed by atoms with Crippen LogP contribution in [0.25, 0.3) is 10.9 Å². The van der Waals surface area contributed by atoms with E-state index in [1.54, 1.807) is 0 Å². The number of aromatic amines is 1. The Balaban J connectivity index is 0.000000720. The van der Waals surface area contributed by atoms with Crippen LogP contribution in [-0.4, -0.2) is 10.2 Å². The number of rotatable bonds is 1. The average Bonchev–Trinajstić information content (AvgIpc) is 2.47. The first-order valence-electron chi connectivity index (χ1n) is 3.40. The first kappa shape index (κ1) is 9.36. The van der Waals surface area contributed by atoms with E-state index in [0.717, 1.165) is 16.6 Å². The highest BCUT2D eigenvalue weighted by Gasteiger charge is 2.00. The number of nitrogens with one attached hydrogen (secondary N) is 1. The molecule has 1 aromatic heterocycles. The van der Waals surface area contributed by atoms with Crippen LogP contribution < -0.4 is 0 Å². The number of hydrogen-bond acceptors (Lipinski definition) is 1. The first-order valence-corrected chi connectivity index (χ1v) is 3.93. The van der Waals surface area contributed by atoms with Crippen LogP contribution in [0.3, 0.4) is 0 Å². The molecule has 0 atom stereocenters. The second-order valence-corrected chi connectivity index (χ2v) is 2.62. The number of halogens is 2. The lowest BCUT2D eigenvalue weighted by Crippen LogP contribution is -1.75. The number of benzene rings is 1. The van der Waals surface area contributed by atoms with Gasteiger partial charge in [0.15, 0.2) is 0 Å². The fraction of sp³-hybridized carbons (Fsp3) is 0.125. The molecule has 64 valence electrons. The maximum atomic E-state index is 5.68. The molecule has 0 aliphatic rings. The SMILES string of the molecule is Cl.ClCc1[nH]nc2ccccc12. The summed E-state index contributed by atoms with van der Waals surface area (Å²) in [6, 6.07) is 7.91. The number of fused-ring (bicyclic) bond motifs is 1. The van der Waals surface area contributed by atoms with Gasteiger partial charge in [0.05, 0.1) is 17.1 Å². The number of H-pyrrole nitrogens is 1. The molecule has 0 bridgehead atoms. The van der Waals surface area contributed by atoms with Gasteiger partial charge in [-0.05, 0) is 6.07 Å². The summed E-state index contributed by atoms with van der Waals surface area (Å²) in [5.74, 6) is 0.487. The Morgan fingerprint density at radius 3 is 2.83 bits per heavy atom. The second-order valence-electron chi connectivity index (χ2n) is 2.35. The molecule has 1 heterocycles. The molecule has 2 nitrogen and oxygen atoms in total. The zero-order chi connectivity index (χ0) is 7.68. The largest absolute Gasteiger partial charge is 0.280 e. The Hall–Kier alpha value is -0.730. The van der Waals surface area contributed by atoms with Crippen molar-refractivity contribution in [2.24, 2.45) is 0 Å². The monoisotopic (exact) mass is 202 g/mol. The van der Waals surface area contributed by atoms with Gasteiger partial charge in [-0.1, -0.05) is 18.2 Å². The van der Waals surface area contributed by atoms with Crippen molar-refractivity contribution in [3.63, 3.8) is 0 Å². The molecule has 0 fully saturated rings. The Morgan fingerprint density at radius 1 is 1.33 bits per heavy atom. The molecule has 0 unspecified atom stereocenters. The third kappa shape index (κ3) is 1.40. The lowest BCUT2D eigenvalue weighted by Gasteiger charge is -1.87.